The predicted octanol–water partition coefficient (Wildman–Crippen LogP) is 3.15. The van der Waals surface area contributed by atoms with Crippen LogP contribution < -0.4 is 4.90 Å². The van der Waals surface area contributed by atoms with Crippen molar-refractivity contribution < 1.29 is 4.90 Å². The zero-order valence-corrected chi connectivity index (χ0v) is 17.0. The van der Waals surface area contributed by atoms with E-state index in [9.17, 15) is 0 Å². The zero-order valence-electron chi connectivity index (χ0n) is 17.0. The fourth-order valence-electron chi connectivity index (χ4n) is 5.60. The van der Waals surface area contributed by atoms with Gasteiger partial charge in [-0.2, -0.15) is 0 Å². The number of nitrogens with one attached hydrogen (secondary N) is 1. The molecular formula is C24H30N5+. The number of aromatic nitrogens is 4. The summed E-state index contributed by atoms with van der Waals surface area (Å²) in [5.41, 5.74) is 2.52. The molecule has 1 saturated heterocycles. The number of tetrazole rings is 1. The third-order valence-electron chi connectivity index (χ3n) is 6.99. The molecular weight excluding hydrogens is 358 g/mol. The van der Waals surface area contributed by atoms with E-state index in [0.29, 0.717) is 0 Å². The molecule has 2 aromatic carbocycles. The summed E-state index contributed by atoms with van der Waals surface area (Å²) in [7, 11) is 0. The van der Waals surface area contributed by atoms with Gasteiger partial charge in [-0.25, -0.2) is 4.68 Å². The summed E-state index contributed by atoms with van der Waals surface area (Å²) in [6.07, 6.45) is 8.91. The highest BCUT2D eigenvalue weighted by molar-refractivity contribution is 5.33. The van der Waals surface area contributed by atoms with Crippen molar-refractivity contribution >= 4 is 0 Å². The summed E-state index contributed by atoms with van der Waals surface area (Å²) in [6, 6.07) is 21.4. The van der Waals surface area contributed by atoms with Crippen molar-refractivity contribution in [2.45, 2.75) is 56.5 Å². The van der Waals surface area contributed by atoms with Crippen LogP contribution in [-0.2, 0) is 5.54 Å². The van der Waals surface area contributed by atoms with Gasteiger partial charge in [-0.1, -0.05) is 67.1 Å². The molecule has 1 saturated carbocycles. The van der Waals surface area contributed by atoms with Crippen LogP contribution in [0.25, 0.3) is 0 Å². The number of hydrogen-bond acceptors (Lipinski definition) is 3. The molecule has 0 amide bonds. The first-order valence-corrected chi connectivity index (χ1v) is 11.1. The fraction of sp³-hybridized carbons (Fsp3) is 0.458. The van der Waals surface area contributed by atoms with E-state index >= 15 is 0 Å². The minimum atomic E-state index is 0.00297. The van der Waals surface area contributed by atoms with Crippen molar-refractivity contribution in [1.82, 2.24) is 20.2 Å². The summed E-state index contributed by atoms with van der Waals surface area (Å²) < 4.78 is 2.14. The molecule has 1 aromatic heterocycles. The first-order valence-electron chi connectivity index (χ1n) is 11.1. The third-order valence-corrected chi connectivity index (χ3v) is 6.99. The van der Waals surface area contributed by atoms with Crippen LogP contribution in [0.15, 0.2) is 60.7 Å². The average molecular weight is 389 g/mol. The number of nitrogens with zero attached hydrogens (tertiary/aromatic N) is 4. The number of benzene rings is 2. The fourth-order valence-corrected chi connectivity index (χ4v) is 5.60. The molecule has 1 aliphatic carbocycles. The Morgan fingerprint density at radius 3 is 1.93 bits per heavy atom. The smallest absolute Gasteiger partial charge is 0.213 e. The van der Waals surface area contributed by atoms with Crippen molar-refractivity contribution in [2.75, 3.05) is 13.1 Å². The van der Waals surface area contributed by atoms with Crippen LogP contribution in [0.3, 0.4) is 0 Å². The quantitative estimate of drug-likeness (QED) is 0.730. The van der Waals surface area contributed by atoms with Gasteiger partial charge in [0.2, 0.25) is 5.82 Å². The monoisotopic (exact) mass is 388 g/mol. The van der Waals surface area contributed by atoms with Crippen LogP contribution >= 0.6 is 0 Å². The first kappa shape index (κ1) is 18.5. The highest BCUT2D eigenvalue weighted by atomic mass is 15.6. The van der Waals surface area contributed by atoms with Gasteiger partial charge in [0.05, 0.1) is 13.1 Å². The molecule has 150 valence electrons. The Labute approximate surface area is 172 Å². The Morgan fingerprint density at radius 2 is 1.34 bits per heavy atom. The van der Waals surface area contributed by atoms with Crippen molar-refractivity contribution in [2.24, 2.45) is 0 Å². The van der Waals surface area contributed by atoms with Crippen LogP contribution in [0.2, 0.25) is 0 Å². The maximum atomic E-state index is 4.71. The van der Waals surface area contributed by atoms with Gasteiger partial charge >= 0.3 is 0 Å². The Balaban J connectivity index is 1.65. The van der Waals surface area contributed by atoms with E-state index in [1.165, 1.54) is 69.2 Å². The van der Waals surface area contributed by atoms with Gasteiger partial charge in [-0.05, 0) is 34.4 Å². The second kappa shape index (κ2) is 8.07. The van der Waals surface area contributed by atoms with Gasteiger partial charge in [0.25, 0.3) is 0 Å². The highest BCUT2D eigenvalue weighted by Crippen LogP contribution is 2.37. The molecule has 2 aliphatic rings. The number of rotatable bonds is 5. The topological polar surface area (TPSA) is 48.0 Å². The predicted molar refractivity (Wildman–Crippen MR) is 113 cm³/mol. The van der Waals surface area contributed by atoms with Gasteiger partial charge in [0.15, 0.2) is 5.54 Å². The zero-order chi connectivity index (χ0) is 19.5. The molecule has 2 fully saturated rings. The normalized spacial score (nSPS) is 19.6. The summed E-state index contributed by atoms with van der Waals surface area (Å²) in [5, 5.41) is 13.5. The SMILES string of the molecule is c1ccc(C(c2ccccc2)n2nnnc2C2([NH+]3CCCC3)CCCCC2)cc1. The molecule has 5 rings (SSSR count). The van der Waals surface area contributed by atoms with E-state index < -0.39 is 0 Å². The maximum Gasteiger partial charge on any atom is 0.213 e. The second-order valence-electron chi connectivity index (χ2n) is 8.62. The van der Waals surface area contributed by atoms with Crippen molar-refractivity contribution in [3.05, 3.63) is 77.6 Å². The molecule has 0 unspecified atom stereocenters. The van der Waals surface area contributed by atoms with Gasteiger partial charge in [0.1, 0.15) is 6.04 Å². The van der Waals surface area contributed by atoms with Gasteiger partial charge in [-0.15, -0.1) is 5.10 Å². The largest absolute Gasteiger partial charge is 0.324 e. The van der Waals surface area contributed by atoms with Crippen molar-refractivity contribution in [3.8, 4) is 0 Å². The number of hydrogen-bond donors (Lipinski definition) is 1. The lowest BCUT2D eigenvalue weighted by Crippen LogP contribution is -3.17. The molecule has 5 nitrogen and oxygen atoms in total. The summed E-state index contributed by atoms with van der Waals surface area (Å²) in [5.74, 6) is 1.09. The molecule has 0 spiro atoms. The third kappa shape index (κ3) is 3.38. The molecule has 5 heteroatoms. The molecule has 0 radical (unpaired) electrons. The molecule has 0 bridgehead atoms. The van der Waals surface area contributed by atoms with Gasteiger partial charge < -0.3 is 4.90 Å². The summed E-state index contributed by atoms with van der Waals surface area (Å²) in [4.78, 5) is 1.70. The first-order chi connectivity index (χ1) is 14.4. The van der Waals surface area contributed by atoms with Gasteiger partial charge in [0, 0.05) is 25.7 Å². The molecule has 0 atom stereocenters. The summed E-state index contributed by atoms with van der Waals surface area (Å²) >= 11 is 0. The van der Waals surface area contributed by atoms with Crippen LogP contribution in [0.5, 0.6) is 0 Å². The second-order valence-corrected chi connectivity index (χ2v) is 8.62. The van der Waals surface area contributed by atoms with E-state index in [1.54, 1.807) is 4.90 Å². The lowest BCUT2D eigenvalue weighted by atomic mass is 9.79. The Bertz CT molecular complexity index is 869. The molecule has 1 aliphatic heterocycles. The molecule has 3 aromatic rings. The highest BCUT2D eigenvalue weighted by Gasteiger charge is 2.49. The van der Waals surface area contributed by atoms with Crippen LogP contribution in [0, 0.1) is 0 Å². The van der Waals surface area contributed by atoms with Crippen LogP contribution in [0.1, 0.15) is 67.9 Å². The van der Waals surface area contributed by atoms with Crippen molar-refractivity contribution in [3.63, 3.8) is 0 Å². The van der Waals surface area contributed by atoms with E-state index in [0.717, 1.165) is 5.82 Å². The Kier molecular flexibility index (Phi) is 5.15. The molecule has 1 N–H and O–H groups in total. The van der Waals surface area contributed by atoms with E-state index in [1.807, 2.05) is 0 Å². The van der Waals surface area contributed by atoms with Crippen molar-refractivity contribution in [1.29, 1.82) is 0 Å². The maximum absolute atomic E-state index is 4.71. The van der Waals surface area contributed by atoms with Gasteiger partial charge in [-0.3, -0.25) is 0 Å². The van der Waals surface area contributed by atoms with Crippen LogP contribution in [-0.4, -0.2) is 33.3 Å². The molecule has 29 heavy (non-hydrogen) atoms. The minimum Gasteiger partial charge on any atom is -0.324 e. The molecule has 2 heterocycles. The Hall–Kier alpha value is -2.53. The van der Waals surface area contributed by atoms with E-state index in [-0.39, 0.29) is 11.6 Å². The van der Waals surface area contributed by atoms with E-state index in [4.69, 9.17) is 5.10 Å². The lowest BCUT2D eigenvalue weighted by molar-refractivity contribution is -0.953. The summed E-state index contributed by atoms with van der Waals surface area (Å²) in [6.45, 7) is 2.49. The number of quaternary nitrogens is 1. The number of likely N-dealkylation sites (tertiary alicyclic amines) is 1. The lowest BCUT2D eigenvalue weighted by Gasteiger charge is -2.40. The van der Waals surface area contributed by atoms with E-state index in [2.05, 4.69) is 75.8 Å². The Morgan fingerprint density at radius 1 is 0.759 bits per heavy atom. The average Bonchev–Trinajstić information content (AvgIpc) is 3.49. The standard InChI is InChI=1S/C24H29N5/c1-4-12-20(13-5-1)22(21-14-6-2-7-15-21)29-23(25-26-27-29)24(16-8-3-9-17-24)28-18-10-11-19-28/h1-2,4-7,12-15,22H,3,8-11,16-19H2/p+1. The van der Waals surface area contributed by atoms with Crippen LogP contribution in [0.4, 0.5) is 0 Å². The minimum absolute atomic E-state index is 0.00297.